The molecular formula is C14H28N2O2. The fraction of sp³-hybridized carbons (Fsp3) is 0.929. The number of amides is 1. The molecule has 0 aromatic carbocycles. The highest BCUT2D eigenvalue weighted by molar-refractivity contribution is 5.83. The van der Waals surface area contributed by atoms with Gasteiger partial charge in [0.1, 0.15) is 0 Å². The van der Waals surface area contributed by atoms with Gasteiger partial charge in [-0.1, -0.05) is 26.2 Å². The summed E-state index contributed by atoms with van der Waals surface area (Å²) in [5, 5.41) is 0. The quantitative estimate of drug-likeness (QED) is 0.683. The van der Waals surface area contributed by atoms with Gasteiger partial charge in [-0.15, -0.1) is 0 Å². The minimum Gasteiger partial charge on any atom is -0.378 e. The first-order chi connectivity index (χ1) is 8.45. The van der Waals surface area contributed by atoms with Crippen molar-refractivity contribution in [3.8, 4) is 0 Å². The van der Waals surface area contributed by atoms with Crippen LogP contribution in [0.2, 0.25) is 0 Å². The highest BCUT2D eigenvalue weighted by Gasteiger charge is 2.25. The molecule has 1 aliphatic carbocycles. The third-order valence-corrected chi connectivity index (χ3v) is 4.07. The average Bonchev–Trinajstić information content (AvgIpc) is 2.35. The van der Waals surface area contributed by atoms with E-state index in [1.54, 1.807) is 6.92 Å². The van der Waals surface area contributed by atoms with Gasteiger partial charge in [-0.3, -0.25) is 4.79 Å². The van der Waals surface area contributed by atoms with Gasteiger partial charge in [0.05, 0.1) is 11.6 Å². The van der Waals surface area contributed by atoms with E-state index in [1.165, 1.54) is 32.1 Å². The third kappa shape index (κ3) is 4.94. The Labute approximate surface area is 110 Å². The Morgan fingerprint density at radius 2 is 2.17 bits per heavy atom. The number of nitrogens with two attached hydrogens (primary N) is 2. The van der Waals surface area contributed by atoms with Crippen molar-refractivity contribution in [1.29, 1.82) is 0 Å². The first-order valence-corrected chi connectivity index (χ1v) is 7.16. The van der Waals surface area contributed by atoms with Crippen LogP contribution in [-0.4, -0.2) is 24.2 Å². The zero-order chi connectivity index (χ0) is 13.6. The zero-order valence-electron chi connectivity index (χ0n) is 11.8. The lowest BCUT2D eigenvalue weighted by atomic mass is 9.85. The van der Waals surface area contributed by atoms with E-state index in [1.807, 2.05) is 0 Å². The van der Waals surface area contributed by atoms with Crippen LogP contribution in [0.1, 0.15) is 58.8 Å². The van der Waals surface area contributed by atoms with E-state index in [9.17, 15) is 4.79 Å². The van der Waals surface area contributed by atoms with Gasteiger partial charge < -0.3 is 16.2 Å². The van der Waals surface area contributed by atoms with E-state index in [-0.39, 0.29) is 0 Å². The Kier molecular flexibility index (Phi) is 6.09. The van der Waals surface area contributed by atoms with Crippen LogP contribution < -0.4 is 11.5 Å². The van der Waals surface area contributed by atoms with Crippen LogP contribution in [0.5, 0.6) is 0 Å². The van der Waals surface area contributed by atoms with Gasteiger partial charge in [-0.05, 0) is 38.5 Å². The number of ether oxygens (including phenoxy) is 1. The molecule has 4 N–H and O–H groups in total. The molecule has 3 unspecified atom stereocenters. The van der Waals surface area contributed by atoms with Crippen LogP contribution >= 0.6 is 0 Å². The number of rotatable bonds is 7. The van der Waals surface area contributed by atoms with Gasteiger partial charge in [-0.25, -0.2) is 0 Å². The van der Waals surface area contributed by atoms with E-state index in [2.05, 4.69) is 6.92 Å². The number of carbonyl (C=O) groups is 1. The molecule has 4 heteroatoms. The predicted octanol–water partition coefficient (Wildman–Crippen LogP) is 1.95. The molecule has 1 rings (SSSR count). The molecule has 0 radical (unpaired) electrons. The van der Waals surface area contributed by atoms with E-state index >= 15 is 0 Å². The number of primary amides is 1. The minimum absolute atomic E-state index is 0.404. The summed E-state index contributed by atoms with van der Waals surface area (Å²) in [4.78, 5) is 11.1. The van der Waals surface area contributed by atoms with Crippen molar-refractivity contribution in [2.75, 3.05) is 6.61 Å². The van der Waals surface area contributed by atoms with Gasteiger partial charge in [-0.2, -0.15) is 0 Å². The number of carbonyl (C=O) groups excluding carboxylic acids is 1. The van der Waals surface area contributed by atoms with Crippen LogP contribution in [0.25, 0.3) is 0 Å². The van der Waals surface area contributed by atoms with Gasteiger partial charge in [0.25, 0.3) is 0 Å². The second-order valence-corrected chi connectivity index (χ2v) is 5.82. The van der Waals surface area contributed by atoms with Gasteiger partial charge in [0, 0.05) is 6.61 Å². The molecule has 1 saturated carbocycles. The van der Waals surface area contributed by atoms with Crippen molar-refractivity contribution in [2.24, 2.45) is 17.4 Å². The van der Waals surface area contributed by atoms with Crippen LogP contribution in [-0.2, 0) is 9.53 Å². The summed E-state index contributed by atoms with van der Waals surface area (Å²) in [6.45, 7) is 4.62. The van der Waals surface area contributed by atoms with E-state index in [0.717, 1.165) is 12.3 Å². The van der Waals surface area contributed by atoms with Crippen molar-refractivity contribution in [1.82, 2.24) is 0 Å². The molecule has 106 valence electrons. The summed E-state index contributed by atoms with van der Waals surface area (Å²) < 4.78 is 5.88. The molecule has 0 aromatic rings. The predicted molar refractivity (Wildman–Crippen MR) is 73.0 cm³/mol. The summed E-state index contributed by atoms with van der Waals surface area (Å²) in [7, 11) is 0. The SMILES string of the molecule is CCC1CCCC(OCCCC(C)(N)C(N)=O)C1. The smallest absolute Gasteiger partial charge is 0.237 e. The largest absolute Gasteiger partial charge is 0.378 e. The van der Waals surface area contributed by atoms with E-state index in [0.29, 0.717) is 19.1 Å². The molecule has 18 heavy (non-hydrogen) atoms. The van der Waals surface area contributed by atoms with Gasteiger partial charge in [0.15, 0.2) is 0 Å². The first kappa shape index (κ1) is 15.4. The molecule has 1 amide bonds. The molecule has 0 aliphatic heterocycles. The second-order valence-electron chi connectivity index (χ2n) is 5.82. The Balaban J connectivity index is 2.16. The summed E-state index contributed by atoms with van der Waals surface area (Å²) in [6.07, 6.45) is 8.02. The lowest BCUT2D eigenvalue weighted by molar-refractivity contribution is -0.122. The van der Waals surface area contributed by atoms with Crippen molar-refractivity contribution < 1.29 is 9.53 Å². The Hall–Kier alpha value is -0.610. The summed E-state index contributed by atoms with van der Waals surface area (Å²) in [5.41, 5.74) is 10.1. The molecule has 1 aliphatic rings. The maximum atomic E-state index is 11.1. The highest BCUT2D eigenvalue weighted by Crippen LogP contribution is 2.28. The molecular weight excluding hydrogens is 228 g/mol. The van der Waals surface area contributed by atoms with Crippen LogP contribution in [0.3, 0.4) is 0 Å². The first-order valence-electron chi connectivity index (χ1n) is 7.16. The molecule has 0 spiro atoms. The molecule has 0 bridgehead atoms. The monoisotopic (exact) mass is 256 g/mol. The number of hydrogen-bond donors (Lipinski definition) is 2. The van der Waals surface area contributed by atoms with Gasteiger partial charge in [0.2, 0.25) is 5.91 Å². The van der Waals surface area contributed by atoms with Crippen molar-refractivity contribution in [2.45, 2.75) is 70.4 Å². The van der Waals surface area contributed by atoms with E-state index in [4.69, 9.17) is 16.2 Å². The minimum atomic E-state index is -0.901. The Morgan fingerprint density at radius 1 is 1.44 bits per heavy atom. The summed E-state index contributed by atoms with van der Waals surface area (Å²) in [6, 6.07) is 0. The van der Waals surface area contributed by atoms with Crippen LogP contribution in [0, 0.1) is 5.92 Å². The molecule has 0 aromatic heterocycles. The number of hydrogen-bond acceptors (Lipinski definition) is 3. The van der Waals surface area contributed by atoms with Crippen molar-refractivity contribution in [3.63, 3.8) is 0 Å². The molecule has 3 atom stereocenters. The fourth-order valence-corrected chi connectivity index (χ4v) is 2.58. The van der Waals surface area contributed by atoms with Crippen molar-refractivity contribution >= 4 is 5.91 Å². The highest BCUT2D eigenvalue weighted by atomic mass is 16.5. The lowest BCUT2D eigenvalue weighted by Gasteiger charge is -2.29. The standard InChI is InChI=1S/C14H28N2O2/c1-3-11-6-4-7-12(10-11)18-9-5-8-14(2,16)13(15)17/h11-12H,3-10,16H2,1-2H3,(H2,15,17). The van der Waals surface area contributed by atoms with Gasteiger partial charge >= 0.3 is 0 Å². The Bertz CT molecular complexity index is 267. The van der Waals surface area contributed by atoms with E-state index < -0.39 is 11.4 Å². The molecule has 1 fully saturated rings. The second kappa shape index (κ2) is 7.10. The average molecular weight is 256 g/mol. The fourth-order valence-electron chi connectivity index (χ4n) is 2.58. The van der Waals surface area contributed by atoms with Crippen LogP contribution in [0.15, 0.2) is 0 Å². The lowest BCUT2D eigenvalue weighted by Crippen LogP contribution is -2.49. The summed E-state index contributed by atoms with van der Waals surface area (Å²) in [5.74, 6) is 0.389. The molecule has 0 saturated heterocycles. The molecule has 4 nitrogen and oxygen atoms in total. The van der Waals surface area contributed by atoms with Crippen molar-refractivity contribution in [3.05, 3.63) is 0 Å². The molecule has 0 heterocycles. The maximum Gasteiger partial charge on any atom is 0.237 e. The normalized spacial score (nSPS) is 27.7. The zero-order valence-corrected chi connectivity index (χ0v) is 11.8. The Morgan fingerprint density at radius 3 is 2.78 bits per heavy atom. The summed E-state index contributed by atoms with van der Waals surface area (Å²) >= 11 is 0. The topological polar surface area (TPSA) is 78.3 Å². The van der Waals surface area contributed by atoms with Crippen LogP contribution in [0.4, 0.5) is 0 Å². The third-order valence-electron chi connectivity index (χ3n) is 4.07. The maximum absolute atomic E-state index is 11.1.